The van der Waals surface area contributed by atoms with Crippen molar-refractivity contribution >= 4 is 12.0 Å². The third kappa shape index (κ3) is 2.27. The monoisotopic (exact) mass is 258 g/mol. The molecule has 2 aromatic rings. The summed E-state index contributed by atoms with van der Waals surface area (Å²) in [4.78, 5) is 15.9. The van der Waals surface area contributed by atoms with Crippen molar-refractivity contribution < 1.29 is 13.9 Å². The topological polar surface area (TPSA) is 44.1 Å². The molecule has 19 heavy (non-hydrogen) atoms. The summed E-state index contributed by atoms with van der Waals surface area (Å²) in [5.41, 5.74) is 1.63. The lowest BCUT2D eigenvalue weighted by Crippen LogP contribution is -2.18. The number of fused-ring (bicyclic) bond motifs is 1. The van der Waals surface area contributed by atoms with Crippen molar-refractivity contribution in [3.05, 3.63) is 59.9 Å². The number of benzene rings is 1. The van der Waals surface area contributed by atoms with Gasteiger partial charge in [-0.3, -0.25) is 0 Å². The molecule has 1 aromatic carbocycles. The molecule has 1 aliphatic rings. The van der Waals surface area contributed by atoms with Crippen LogP contribution < -0.4 is 0 Å². The van der Waals surface area contributed by atoms with Crippen molar-refractivity contribution in [2.24, 2.45) is 0 Å². The molecule has 0 spiro atoms. The number of esters is 1. The number of imidazole rings is 1. The first-order valence-corrected chi connectivity index (χ1v) is 5.85. The van der Waals surface area contributed by atoms with Gasteiger partial charge in [-0.05, 0) is 29.8 Å². The predicted molar refractivity (Wildman–Crippen MR) is 66.5 cm³/mol. The Morgan fingerprint density at radius 3 is 2.95 bits per heavy atom. The lowest BCUT2D eigenvalue weighted by molar-refractivity contribution is -0.147. The van der Waals surface area contributed by atoms with E-state index in [1.54, 1.807) is 35.3 Å². The minimum atomic E-state index is -0.460. The van der Waals surface area contributed by atoms with Crippen LogP contribution in [0, 0.1) is 5.82 Å². The minimum Gasteiger partial charge on any atom is -0.459 e. The largest absolute Gasteiger partial charge is 0.459 e. The average Bonchev–Trinajstić information content (AvgIpc) is 3.00. The van der Waals surface area contributed by atoms with E-state index in [-0.39, 0.29) is 18.4 Å². The summed E-state index contributed by atoms with van der Waals surface area (Å²) >= 11 is 0. The van der Waals surface area contributed by atoms with Crippen LogP contribution in [-0.4, -0.2) is 15.5 Å². The highest BCUT2D eigenvalue weighted by atomic mass is 19.1. The first-order valence-electron chi connectivity index (χ1n) is 5.85. The molecule has 0 bridgehead atoms. The average molecular weight is 258 g/mol. The molecule has 0 amide bonds. The Hall–Kier alpha value is -2.43. The number of aromatic nitrogens is 2. The number of hydrogen-bond donors (Lipinski definition) is 0. The zero-order chi connectivity index (χ0) is 13.2. The van der Waals surface area contributed by atoms with E-state index in [4.69, 9.17) is 4.74 Å². The van der Waals surface area contributed by atoms with E-state index in [0.717, 1.165) is 11.3 Å². The van der Waals surface area contributed by atoms with Crippen LogP contribution in [-0.2, 0) is 16.1 Å². The highest BCUT2D eigenvalue weighted by Gasteiger charge is 2.24. The molecule has 1 unspecified atom stereocenters. The Labute approximate surface area is 109 Å². The first kappa shape index (κ1) is 11.6. The van der Waals surface area contributed by atoms with Gasteiger partial charge in [-0.25, -0.2) is 14.2 Å². The van der Waals surface area contributed by atoms with E-state index in [0.29, 0.717) is 0 Å². The summed E-state index contributed by atoms with van der Waals surface area (Å²) in [6, 6.07) is 5.41. The Balaban J connectivity index is 1.64. The number of ether oxygens (including phenoxy) is 1. The maximum atomic E-state index is 12.7. The fraction of sp³-hybridized carbons (Fsp3) is 0.143. The number of hydrogen-bond acceptors (Lipinski definition) is 3. The van der Waals surface area contributed by atoms with Gasteiger partial charge in [-0.15, -0.1) is 0 Å². The van der Waals surface area contributed by atoms with Gasteiger partial charge in [0.2, 0.25) is 0 Å². The molecule has 2 heterocycles. The normalized spacial score (nSPS) is 16.4. The van der Waals surface area contributed by atoms with Gasteiger partial charge in [-0.1, -0.05) is 12.1 Å². The molecule has 0 N–H and O–H groups in total. The van der Waals surface area contributed by atoms with Gasteiger partial charge in [0.15, 0.2) is 6.04 Å². The number of carbonyl (C=O) groups is 1. The second-order valence-corrected chi connectivity index (χ2v) is 4.26. The highest BCUT2D eigenvalue weighted by Crippen LogP contribution is 2.23. The molecular weight excluding hydrogens is 247 g/mol. The van der Waals surface area contributed by atoms with Crippen LogP contribution in [0.15, 0.2) is 42.9 Å². The second-order valence-electron chi connectivity index (χ2n) is 4.26. The fourth-order valence-electron chi connectivity index (χ4n) is 1.97. The van der Waals surface area contributed by atoms with E-state index in [1.165, 1.54) is 12.1 Å². The molecule has 0 saturated heterocycles. The predicted octanol–water partition coefficient (Wildman–Crippen LogP) is 2.33. The van der Waals surface area contributed by atoms with E-state index >= 15 is 0 Å². The van der Waals surface area contributed by atoms with Crippen LogP contribution in [0.5, 0.6) is 0 Å². The quantitative estimate of drug-likeness (QED) is 0.794. The van der Waals surface area contributed by atoms with Crippen LogP contribution in [0.3, 0.4) is 0 Å². The van der Waals surface area contributed by atoms with Gasteiger partial charge in [0.25, 0.3) is 0 Å². The standard InChI is InChI=1S/C14H11FN2O2/c15-11-3-1-10(2-4-11)8-19-14(18)13-6-5-12-7-16-9-17(12)13/h1-7,9,13H,8H2. The van der Waals surface area contributed by atoms with E-state index in [9.17, 15) is 9.18 Å². The van der Waals surface area contributed by atoms with Gasteiger partial charge < -0.3 is 9.30 Å². The molecule has 3 rings (SSSR count). The van der Waals surface area contributed by atoms with Crippen molar-refractivity contribution in [3.63, 3.8) is 0 Å². The summed E-state index contributed by atoms with van der Waals surface area (Å²) < 4.78 is 19.7. The molecule has 5 heteroatoms. The lowest BCUT2D eigenvalue weighted by Gasteiger charge is -2.11. The number of rotatable bonds is 3. The van der Waals surface area contributed by atoms with Crippen molar-refractivity contribution in [1.29, 1.82) is 0 Å². The van der Waals surface area contributed by atoms with Crippen molar-refractivity contribution in [3.8, 4) is 0 Å². The summed E-state index contributed by atoms with van der Waals surface area (Å²) in [6.07, 6.45) is 6.88. The van der Waals surface area contributed by atoms with E-state index < -0.39 is 6.04 Å². The van der Waals surface area contributed by atoms with Crippen LogP contribution in [0.4, 0.5) is 4.39 Å². The van der Waals surface area contributed by atoms with Crippen LogP contribution in [0.25, 0.3) is 6.08 Å². The third-order valence-corrected chi connectivity index (χ3v) is 2.98. The molecule has 4 nitrogen and oxygen atoms in total. The lowest BCUT2D eigenvalue weighted by atomic mass is 10.2. The van der Waals surface area contributed by atoms with Gasteiger partial charge in [-0.2, -0.15) is 0 Å². The summed E-state index contributed by atoms with van der Waals surface area (Å²) in [6.45, 7) is 0.132. The summed E-state index contributed by atoms with van der Waals surface area (Å²) in [5, 5.41) is 0. The molecule has 1 aliphatic heterocycles. The van der Waals surface area contributed by atoms with E-state index in [2.05, 4.69) is 4.98 Å². The number of nitrogens with zero attached hydrogens (tertiary/aromatic N) is 2. The van der Waals surface area contributed by atoms with Crippen molar-refractivity contribution in [1.82, 2.24) is 9.55 Å². The third-order valence-electron chi connectivity index (χ3n) is 2.98. The molecule has 0 saturated carbocycles. The molecule has 0 aliphatic carbocycles. The van der Waals surface area contributed by atoms with Gasteiger partial charge in [0.05, 0.1) is 18.2 Å². The molecule has 0 fully saturated rings. The maximum Gasteiger partial charge on any atom is 0.333 e. The molecule has 1 aromatic heterocycles. The zero-order valence-corrected chi connectivity index (χ0v) is 9.99. The number of halogens is 1. The highest BCUT2D eigenvalue weighted by molar-refractivity contribution is 5.80. The van der Waals surface area contributed by atoms with E-state index in [1.807, 2.05) is 6.08 Å². The fourth-order valence-corrected chi connectivity index (χ4v) is 1.97. The maximum absolute atomic E-state index is 12.7. The number of carbonyl (C=O) groups excluding carboxylic acids is 1. The Morgan fingerprint density at radius 1 is 1.37 bits per heavy atom. The van der Waals surface area contributed by atoms with Crippen molar-refractivity contribution in [2.75, 3.05) is 0 Å². The van der Waals surface area contributed by atoms with Crippen LogP contribution in [0.2, 0.25) is 0 Å². The molecule has 1 atom stereocenters. The summed E-state index contributed by atoms with van der Waals surface area (Å²) in [5.74, 6) is -0.658. The van der Waals surface area contributed by atoms with Crippen LogP contribution in [0.1, 0.15) is 17.3 Å². The van der Waals surface area contributed by atoms with Gasteiger partial charge in [0.1, 0.15) is 12.4 Å². The Kier molecular flexibility index (Phi) is 2.87. The van der Waals surface area contributed by atoms with Crippen LogP contribution >= 0.6 is 0 Å². The zero-order valence-electron chi connectivity index (χ0n) is 9.99. The molecule has 96 valence electrons. The Morgan fingerprint density at radius 2 is 2.16 bits per heavy atom. The molecule has 0 radical (unpaired) electrons. The van der Waals surface area contributed by atoms with Gasteiger partial charge in [0, 0.05) is 0 Å². The summed E-state index contributed by atoms with van der Waals surface area (Å²) in [7, 11) is 0. The minimum absolute atomic E-state index is 0.132. The van der Waals surface area contributed by atoms with Gasteiger partial charge >= 0.3 is 5.97 Å². The van der Waals surface area contributed by atoms with Crippen molar-refractivity contribution in [2.45, 2.75) is 12.6 Å². The SMILES string of the molecule is O=C(OCc1ccc(F)cc1)C1C=Cc2cncn21. The first-order chi connectivity index (χ1) is 9.24. The Bertz CT molecular complexity index is 631. The second kappa shape index (κ2) is 4.68. The molecular formula is C14H11FN2O2. The smallest absolute Gasteiger partial charge is 0.333 e.